The number of nitrogens with one attached hydrogen (secondary N) is 1. The monoisotopic (exact) mass is 262 g/mol. The lowest BCUT2D eigenvalue weighted by Crippen LogP contribution is -2.16. The predicted octanol–water partition coefficient (Wildman–Crippen LogP) is 1.59. The highest BCUT2D eigenvalue weighted by atomic mass is 19.1. The summed E-state index contributed by atoms with van der Waals surface area (Å²) in [6.45, 7) is 3.46. The molecule has 0 saturated carbocycles. The largest absolute Gasteiger partial charge is 0.508 e. The van der Waals surface area contributed by atoms with Crippen LogP contribution in [0.15, 0.2) is 18.2 Å². The molecule has 0 radical (unpaired) electrons. The summed E-state index contributed by atoms with van der Waals surface area (Å²) in [6, 6.07) is 3.25. The van der Waals surface area contributed by atoms with Crippen molar-refractivity contribution >= 4 is 11.9 Å². The number of amides is 1. The van der Waals surface area contributed by atoms with Crippen molar-refractivity contribution in [3.05, 3.63) is 41.0 Å². The van der Waals surface area contributed by atoms with Crippen LogP contribution in [0.4, 0.5) is 10.3 Å². The molecule has 0 aliphatic rings. The molecule has 0 aliphatic heterocycles. The molecule has 98 valence electrons. The minimum absolute atomic E-state index is 0.000532. The highest BCUT2D eigenvalue weighted by Crippen LogP contribution is 2.16. The third kappa shape index (κ3) is 2.82. The zero-order valence-corrected chi connectivity index (χ0v) is 10.3. The standard InChI is InChI=1S/C12H11FN4O2/c1-6-7(2)16-17-12(14-6)15-11(19)9-4-3-8(18)5-10(9)13/h3-5,18H,1-2H3,(H,14,15,17,19). The first-order valence-electron chi connectivity index (χ1n) is 5.45. The van der Waals surface area contributed by atoms with Crippen molar-refractivity contribution in [3.63, 3.8) is 0 Å². The van der Waals surface area contributed by atoms with Crippen LogP contribution in [-0.2, 0) is 0 Å². The Labute approximate surface area is 108 Å². The predicted molar refractivity (Wildman–Crippen MR) is 65.3 cm³/mol. The van der Waals surface area contributed by atoms with E-state index in [-0.39, 0.29) is 17.3 Å². The van der Waals surface area contributed by atoms with Gasteiger partial charge in [-0.15, -0.1) is 5.10 Å². The molecule has 1 heterocycles. The van der Waals surface area contributed by atoms with Crippen molar-refractivity contribution in [2.24, 2.45) is 0 Å². The molecular formula is C12H11FN4O2. The fraction of sp³-hybridized carbons (Fsp3) is 0.167. The number of phenols is 1. The molecule has 0 spiro atoms. The van der Waals surface area contributed by atoms with E-state index in [9.17, 15) is 9.18 Å². The van der Waals surface area contributed by atoms with Gasteiger partial charge >= 0.3 is 0 Å². The molecule has 2 aromatic rings. The molecule has 0 unspecified atom stereocenters. The fourth-order valence-corrected chi connectivity index (χ4v) is 1.37. The van der Waals surface area contributed by atoms with Gasteiger partial charge in [-0.2, -0.15) is 5.10 Å². The van der Waals surface area contributed by atoms with E-state index in [1.807, 2.05) is 0 Å². The van der Waals surface area contributed by atoms with Crippen LogP contribution in [0, 0.1) is 19.7 Å². The summed E-state index contributed by atoms with van der Waals surface area (Å²) in [4.78, 5) is 15.8. The minimum atomic E-state index is -0.825. The smallest absolute Gasteiger partial charge is 0.261 e. The second-order valence-corrected chi connectivity index (χ2v) is 3.92. The van der Waals surface area contributed by atoms with Gasteiger partial charge in [0.2, 0.25) is 5.95 Å². The number of aromatic nitrogens is 3. The van der Waals surface area contributed by atoms with Gasteiger partial charge < -0.3 is 5.11 Å². The molecule has 19 heavy (non-hydrogen) atoms. The molecule has 6 nitrogen and oxygen atoms in total. The average Bonchev–Trinajstić information content (AvgIpc) is 2.33. The molecule has 0 aliphatic carbocycles. The van der Waals surface area contributed by atoms with Crippen LogP contribution in [0.1, 0.15) is 21.7 Å². The van der Waals surface area contributed by atoms with Crippen molar-refractivity contribution < 1.29 is 14.3 Å². The fourth-order valence-electron chi connectivity index (χ4n) is 1.37. The number of phenolic OH excluding ortho intramolecular Hbond substituents is 1. The Balaban J connectivity index is 2.23. The van der Waals surface area contributed by atoms with Gasteiger partial charge in [-0.05, 0) is 26.0 Å². The Bertz CT molecular complexity index is 646. The van der Waals surface area contributed by atoms with E-state index in [0.717, 1.165) is 6.07 Å². The molecule has 0 atom stereocenters. The first-order chi connectivity index (χ1) is 8.97. The molecule has 1 amide bonds. The number of rotatable bonds is 2. The van der Waals surface area contributed by atoms with Gasteiger partial charge in [-0.25, -0.2) is 9.37 Å². The lowest BCUT2D eigenvalue weighted by molar-refractivity contribution is 0.102. The Morgan fingerprint density at radius 3 is 2.63 bits per heavy atom. The van der Waals surface area contributed by atoms with Gasteiger partial charge in [-0.1, -0.05) is 0 Å². The summed E-state index contributed by atoms with van der Waals surface area (Å²) < 4.78 is 13.5. The van der Waals surface area contributed by atoms with Crippen LogP contribution in [0.25, 0.3) is 0 Å². The normalized spacial score (nSPS) is 10.3. The molecule has 1 aromatic heterocycles. The van der Waals surface area contributed by atoms with Gasteiger partial charge in [-0.3, -0.25) is 10.1 Å². The van der Waals surface area contributed by atoms with Gasteiger partial charge in [0.25, 0.3) is 5.91 Å². The first kappa shape index (κ1) is 12.9. The van der Waals surface area contributed by atoms with Crippen LogP contribution >= 0.6 is 0 Å². The first-order valence-corrected chi connectivity index (χ1v) is 5.45. The number of halogens is 1. The number of nitrogens with zero attached hydrogens (tertiary/aromatic N) is 3. The van der Waals surface area contributed by atoms with Crippen LogP contribution in [0.3, 0.4) is 0 Å². The van der Waals surface area contributed by atoms with Gasteiger partial charge in [0.1, 0.15) is 11.6 Å². The SMILES string of the molecule is Cc1nnc(NC(=O)c2ccc(O)cc2F)nc1C. The molecule has 0 fully saturated rings. The Hall–Kier alpha value is -2.57. The van der Waals surface area contributed by atoms with Crippen LogP contribution in [0.5, 0.6) is 5.75 Å². The number of hydrogen-bond acceptors (Lipinski definition) is 5. The summed E-state index contributed by atoms with van der Waals surface area (Å²) >= 11 is 0. The maximum atomic E-state index is 13.5. The Morgan fingerprint density at radius 2 is 2.00 bits per heavy atom. The van der Waals surface area contributed by atoms with E-state index in [1.54, 1.807) is 13.8 Å². The van der Waals surface area contributed by atoms with E-state index in [2.05, 4.69) is 20.5 Å². The van der Waals surface area contributed by atoms with Crippen LogP contribution in [0.2, 0.25) is 0 Å². The quantitative estimate of drug-likeness (QED) is 0.858. The van der Waals surface area contributed by atoms with Crippen molar-refractivity contribution in [3.8, 4) is 5.75 Å². The number of anilines is 1. The van der Waals surface area contributed by atoms with Crippen LogP contribution in [-0.4, -0.2) is 26.2 Å². The number of carbonyl (C=O) groups excluding carboxylic acids is 1. The number of benzene rings is 1. The van der Waals surface area contributed by atoms with Crippen molar-refractivity contribution in [2.75, 3.05) is 5.32 Å². The highest BCUT2D eigenvalue weighted by Gasteiger charge is 2.14. The van der Waals surface area contributed by atoms with Crippen molar-refractivity contribution in [2.45, 2.75) is 13.8 Å². The highest BCUT2D eigenvalue weighted by molar-refractivity contribution is 6.03. The molecule has 2 N–H and O–H groups in total. The summed E-state index contributed by atoms with van der Waals surface area (Å²) in [5.74, 6) is -1.78. The average molecular weight is 262 g/mol. The van der Waals surface area contributed by atoms with Gasteiger partial charge in [0.15, 0.2) is 0 Å². The number of aryl methyl sites for hydroxylation is 2. The molecule has 7 heteroatoms. The maximum Gasteiger partial charge on any atom is 0.261 e. The van der Waals surface area contributed by atoms with Crippen LogP contribution < -0.4 is 5.32 Å². The van der Waals surface area contributed by atoms with Gasteiger partial charge in [0, 0.05) is 6.07 Å². The number of carbonyl (C=O) groups is 1. The topological polar surface area (TPSA) is 88.0 Å². The second kappa shape index (κ2) is 4.97. The van der Waals surface area contributed by atoms with E-state index in [4.69, 9.17) is 5.11 Å². The Morgan fingerprint density at radius 1 is 1.26 bits per heavy atom. The van der Waals surface area contributed by atoms with Gasteiger partial charge in [0.05, 0.1) is 17.0 Å². The minimum Gasteiger partial charge on any atom is -0.508 e. The lowest BCUT2D eigenvalue weighted by atomic mass is 10.2. The molecule has 2 rings (SSSR count). The summed E-state index contributed by atoms with van der Waals surface area (Å²) in [6.07, 6.45) is 0. The zero-order valence-electron chi connectivity index (χ0n) is 10.3. The molecule has 0 saturated heterocycles. The lowest BCUT2D eigenvalue weighted by Gasteiger charge is -2.05. The van der Waals surface area contributed by atoms with Crippen molar-refractivity contribution in [1.29, 1.82) is 0 Å². The number of aromatic hydroxyl groups is 1. The van der Waals surface area contributed by atoms with E-state index >= 15 is 0 Å². The third-order valence-electron chi connectivity index (χ3n) is 2.51. The summed E-state index contributed by atoms with van der Waals surface area (Å²) in [5, 5.41) is 18.9. The maximum absolute atomic E-state index is 13.5. The second-order valence-electron chi connectivity index (χ2n) is 3.92. The molecular weight excluding hydrogens is 251 g/mol. The summed E-state index contributed by atoms with van der Waals surface area (Å²) in [7, 11) is 0. The molecule has 0 bridgehead atoms. The van der Waals surface area contributed by atoms with E-state index in [1.165, 1.54) is 12.1 Å². The Kier molecular flexibility index (Phi) is 3.37. The third-order valence-corrected chi connectivity index (χ3v) is 2.51. The van der Waals surface area contributed by atoms with E-state index < -0.39 is 11.7 Å². The molecule has 1 aromatic carbocycles. The zero-order chi connectivity index (χ0) is 14.0. The number of hydrogen-bond donors (Lipinski definition) is 2. The van der Waals surface area contributed by atoms with Crippen molar-refractivity contribution in [1.82, 2.24) is 15.2 Å². The summed E-state index contributed by atoms with van der Waals surface area (Å²) in [5.41, 5.74) is 1.06. The van der Waals surface area contributed by atoms with E-state index in [0.29, 0.717) is 11.4 Å².